The second kappa shape index (κ2) is 12.6. The van der Waals surface area contributed by atoms with Crippen molar-refractivity contribution in [2.45, 2.75) is 12.1 Å². The Morgan fingerprint density at radius 2 is 1.36 bits per heavy atom. The maximum atomic E-state index is 10.5. The quantitative estimate of drug-likeness (QED) is 0.508. The van der Waals surface area contributed by atoms with Crippen molar-refractivity contribution >= 4 is 12.4 Å². The maximum absolute atomic E-state index is 10.5. The summed E-state index contributed by atoms with van der Waals surface area (Å²) in [5.41, 5.74) is 2.64. The van der Waals surface area contributed by atoms with Crippen LogP contribution in [0.2, 0.25) is 0 Å². The van der Waals surface area contributed by atoms with E-state index in [2.05, 4.69) is 70.5 Å². The zero-order chi connectivity index (χ0) is 22.2. The molecule has 1 N–H and O–H groups in total. The molecule has 0 aromatic heterocycles. The van der Waals surface area contributed by atoms with E-state index in [0.29, 0.717) is 12.3 Å². The minimum absolute atomic E-state index is 0. The molecule has 4 rings (SSSR count). The summed E-state index contributed by atoms with van der Waals surface area (Å²) in [7, 11) is 1.63. The molecule has 6 heteroatoms. The molecule has 1 fully saturated rings. The van der Waals surface area contributed by atoms with Crippen LogP contribution in [0, 0.1) is 0 Å². The van der Waals surface area contributed by atoms with Gasteiger partial charge in [-0.1, -0.05) is 66.7 Å². The first-order chi connectivity index (χ1) is 15.7. The number of halogens is 1. The Balaban J connectivity index is 0.00000306. The van der Waals surface area contributed by atoms with Gasteiger partial charge in [0.1, 0.15) is 24.2 Å². The van der Waals surface area contributed by atoms with Gasteiger partial charge in [0.25, 0.3) is 0 Å². The van der Waals surface area contributed by atoms with E-state index >= 15 is 0 Å². The highest BCUT2D eigenvalue weighted by molar-refractivity contribution is 5.85. The number of aliphatic hydroxyl groups excluding tert-OH is 1. The molecule has 5 nitrogen and oxygen atoms in total. The van der Waals surface area contributed by atoms with Gasteiger partial charge in [-0.05, 0) is 23.3 Å². The molecule has 1 atom stereocenters. The Labute approximate surface area is 203 Å². The molecule has 3 aromatic carbocycles. The van der Waals surface area contributed by atoms with Crippen LogP contribution in [0.1, 0.15) is 17.2 Å². The molecule has 0 amide bonds. The molecule has 1 saturated heterocycles. The lowest BCUT2D eigenvalue weighted by molar-refractivity contribution is 0.0400. The molecule has 0 radical (unpaired) electrons. The summed E-state index contributed by atoms with van der Waals surface area (Å²) in [5.74, 6) is 1.46. The first-order valence-corrected chi connectivity index (χ1v) is 11.2. The number of β-amino-alcohol motifs (C(OH)–C–C–N with tert-alkyl or cyclic N) is 1. The zero-order valence-corrected chi connectivity index (χ0v) is 19.9. The van der Waals surface area contributed by atoms with E-state index in [1.807, 2.05) is 24.3 Å². The first kappa shape index (κ1) is 25.1. The van der Waals surface area contributed by atoms with Crippen LogP contribution in [-0.2, 0) is 0 Å². The van der Waals surface area contributed by atoms with Gasteiger partial charge in [-0.3, -0.25) is 9.80 Å². The summed E-state index contributed by atoms with van der Waals surface area (Å²) in [4.78, 5) is 4.86. The van der Waals surface area contributed by atoms with E-state index in [9.17, 15) is 5.11 Å². The van der Waals surface area contributed by atoms with Crippen molar-refractivity contribution < 1.29 is 14.6 Å². The highest BCUT2D eigenvalue weighted by Gasteiger charge is 2.27. The average molecular weight is 469 g/mol. The number of hydrogen-bond acceptors (Lipinski definition) is 5. The van der Waals surface area contributed by atoms with Gasteiger partial charge in [0.15, 0.2) is 0 Å². The van der Waals surface area contributed by atoms with Crippen LogP contribution in [0.25, 0.3) is 0 Å². The Morgan fingerprint density at radius 3 is 1.94 bits per heavy atom. The van der Waals surface area contributed by atoms with E-state index in [0.717, 1.165) is 31.9 Å². The molecule has 1 aliphatic rings. The number of hydrogen-bond donors (Lipinski definition) is 1. The molecular formula is C27H33ClN2O3. The molecule has 0 spiro atoms. The summed E-state index contributed by atoms with van der Waals surface area (Å²) < 4.78 is 11.0. The molecule has 3 aromatic rings. The Morgan fingerprint density at radius 1 is 0.788 bits per heavy atom. The third-order valence-corrected chi connectivity index (χ3v) is 5.96. The fraction of sp³-hybridized carbons (Fsp3) is 0.333. The summed E-state index contributed by atoms with van der Waals surface area (Å²) in [6.07, 6.45) is -0.535. The van der Waals surface area contributed by atoms with E-state index < -0.39 is 6.10 Å². The van der Waals surface area contributed by atoms with Crippen LogP contribution in [-0.4, -0.2) is 67.5 Å². The number of rotatable bonds is 9. The van der Waals surface area contributed by atoms with E-state index in [1.165, 1.54) is 11.1 Å². The van der Waals surface area contributed by atoms with Gasteiger partial charge in [-0.15, -0.1) is 12.4 Å². The van der Waals surface area contributed by atoms with E-state index in [-0.39, 0.29) is 25.1 Å². The standard InChI is InChI=1S/C27H32N2O3.ClH/c1-31-25-13-8-14-26(19-25)32-21-24(30)20-28-15-17-29(18-16-28)27(22-9-4-2-5-10-22)23-11-6-3-7-12-23;/h2-14,19,24,27,30H,15-18,20-21H2,1H3;1H. The smallest absolute Gasteiger partial charge is 0.123 e. The van der Waals surface area contributed by atoms with Crippen molar-refractivity contribution in [3.63, 3.8) is 0 Å². The highest BCUT2D eigenvalue weighted by atomic mass is 35.5. The minimum Gasteiger partial charge on any atom is -0.497 e. The van der Waals surface area contributed by atoms with Gasteiger partial charge in [-0.2, -0.15) is 0 Å². The molecule has 176 valence electrons. The lowest BCUT2D eigenvalue weighted by Gasteiger charge is -2.40. The van der Waals surface area contributed by atoms with Crippen LogP contribution < -0.4 is 9.47 Å². The summed E-state index contributed by atoms with van der Waals surface area (Å²) in [6, 6.07) is 29.1. The normalized spacial score (nSPS) is 15.6. The molecule has 1 heterocycles. The molecule has 0 aliphatic carbocycles. The minimum atomic E-state index is -0.535. The zero-order valence-electron chi connectivity index (χ0n) is 19.0. The van der Waals surface area contributed by atoms with Crippen molar-refractivity contribution in [3.05, 3.63) is 96.1 Å². The van der Waals surface area contributed by atoms with Gasteiger partial charge >= 0.3 is 0 Å². The topological polar surface area (TPSA) is 45.2 Å². The fourth-order valence-electron chi connectivity index (χ4n) is 4.32. The Hall–Kier alpha value is -2.57. The van der Waals surface area contributed by atoms with Crippen molar-refractivity contribution in [2.75, 3.05) is 46.4 Å². The van der Waals surface area contributed by atoms with Gasteiger partial charge in [-0.25, -0.2) is 0 Å². The van der Waals surface area contributed by atoms with Gasteiger partial charge < -0.3 is 14.6 Å². The number of aliphatic hydroxyl groups is 1. The second-order valence-electron chi connectivity index (χ2n) is 8.20. The van der Waals surface area contributed by atoms with Crippen molar-refractivity contribution in [2.24, 2.45) is 0 Å². The molecule has 0 saturated carbocycles. The number of piperazine rings is 1. The van der Waals surface area contributed by atoms with Gasteiger partial charge in [0, 0.05) is 38.8 Å². The van der Waals surface area contributed by atoms with Crippen LogP contribution in [0.5, 0.6) is 11.5 Å². The van der Waals surface area contributed by atoms with Gasteiger partial charge in [0.05, 0.1) is 13.2 Å². The SMILES string of the molecule is COc1cccc(OCC(O)CN2CCN(C(c3ccccc3)c3ccccc3)CC2)c1.Cl. The second-order valence-corrected chi connectivity index (χ2v) is 8.20. The molecule has 1 unspecified atom stereocenters. The number of methoxy groups -OCH3 is 1. The highest BCUT2D eigenvalue weighted by Crippen LogP contribution is 2.29. The third kappa shape index (κ3) is 6.95. The van der Waals surface area contributed by atoms with Crippen LogP contribution in [0.15, 0.2) is 84.9 Å². The lowest BCUT2D eigenvalue weighted by Crippen LogP contribution is -2.50. The van der Waals surface area contributed by atoms with Gasteiger partial charge in [0.2, 0.25) is 0 Å². The Bertz CT molecular complexity index is 910. The summed E-state index contributed by atoms with van der Waals surface area (Å²) in [6.45, 7) is 4.64. The lowest BCUT2D eigenvalue weighted by atomic mass is 9.96. The largest absolute Gasteiger partial charge is 0.497 e. The summed E-state index contributed by atoms with van der Waals surface area (Å²) in [5, 5.41) is 10.5. The number of benzene rings is 3. The number of ether oxygens (including phenoxy) is 2. The third-order valence-electron chi connectivity index (χ3n) is 5.96. The molecule has 33 heavy (non-hydrogen) atoms. The van der Waals surface area contributed by atoms with E-state index in [4.69, 9.17) is 9.47 Å². The predicted octanol–water partition coefficient (Wildman–Crippen LogP) is 4.26. The monoisotopic (exact) mass is 468 g/mol. The first-order valence-electron chi connectivity index (χ1n) is 11.2. The summed E-state index contributed by atoms with van der Waals surface area (Å²) >= 11 is 0. The van der Waals surface area contributed by atoms with Crippen LogP contribution in [0.3, 0.4) is 0 Å². The van der Waals surface area contributed by atoms with Crippen molar-refractivity contribution in [1.29, 1.82) is 0 Å². The number of nitrogens with zero attached hydrogens (tertiary/aromatic N) is 2. The average Bonchev–Trinajstić information content (AvgIpc) is 2.85. The molecule has 1 aliphatic heterocycles. The van der Waals surface area contributed by atoms with Crippen LogP contribution >= 0.6 is 12.4 Å². The Kier molecular flexibility index (Phi) is 9.58. The predicted molar refractivity (Wildman–Crippen MR) is 134 cm³/mol. The fourth-order valence-corrected chi connectivity index (χ4v) is 4.32. The van der Waals surface area contributed by atoms with Crippen LogP contribution in [0.4, 0.5) is 0 Å². The molecule has 0 bridgehead atoms. The van der Waals surface area contributed by atoms with Crippen molar-refractivity contribution in [1.82, 2.24) is 9.80 Å². The van der Waals surface area contributed by atoms with E-state index in [1.54, 1.807) is 7.11 Å². The molecular weight excluding hydrogens is 436 g/mol. The van der Waals surface area contributed by atoms with Crippen molar-refractivity contribution in [3.8, 4) is 11.5 Å². The maximum Gasteiger partial charge on any atom is 0.123 e.